The van der Waals surface area contributed by atoms with Gasteiger partial charge in [0.15, 0.2) is 0 Å². The van der Waals surface area contributed by atoms with Crippen LogP contribution in [0, 0.1) is 0 Å². The molecule has 0 radical (unpaired) electrons. The van der Waals surface area contributed by atoms with Crippen molar-refractivity contribution in [2.75, 3.05) is 19.0 Å². The SMILES string of the molecule is CNCc1ccc(N(C)Cc2ccoc2)nc1. The van der Waals surface area contributed by atoms with Gasteiger partial charge in [0, 0.05) is 31.9 Å². The van der Waals surface area contributed by atoms with Crippen LogP contribution in [0.5, 0.6) is 0 Å². The highest BCUT2D eigenvalue weighted by Gasteiger charge is 2.04. The van der Waals surface area contributed by atoms with Gasteiger partial charge >= 0.3 is 0 Å². The van der Waals surface area contributed by atoms with Gasteiger partial charge in [-0.15, -0.1) is 0 Å². The third-order valence-electron chi connectivity index (χ3n) is 2.58. The Balaban J connectivity index is 2.01. The number of hydrogen-bond acceptors (Lipinski definition) is 4. The van der Waals surface area contributed by atoms with E-state index in [9.17, 15) is 0 Å². The van der Waals surface area contributed by atoms with Crippen LogP contribution in [0.1, 0.15) is 11.1 Å². The lowest BCUT2D eigenvalue weighted by molar-refractivity contribution is 0.563. The molecule has 4 nitrogen and oxygen atoms in total. The quantitative estimate of drug-likeness (QED) is 0.855. The van der Waals surface area contributed by atoms with Gasteiger partial charge < -0.3 is 14.6 Å². The van der Waals surface area contributed by atoms with Crippen molar-refractivity contribution in [3.63, 3.8) is 0 Å². The molecule has 0 fully saturated rings. The normalized spacial score (nSPS) is 10.5. The second-order valence-corrected chi connectivity index (χ2v) is 4.04. The van der Waals surface area contributed by atoms with Gasteiger partial charge in [-0.3, -0.25) is 0 Å². The zero-order chi connectivity index (χ0) is 12.1. The molecule has 2 aromatic heterocycles. The lowest BCUT2D eigenvalue weighted by Gasteiger charge is -2.17. The van der Waals surface area contributed by atoms with Crippen LogP contribution in [0.15, 0.2) is 41.3 Å². The van der Waals surface area contributed by atoms with Crippen LogP contribution >= 0.6 is 0 Å². The van der Waals surface area contributed by atoms with Crippen molar-refractivity contribution < 1.29 is 4.42 Å². The summed E-state index contributed by atoms with van der Waals surface area (Å²) in [5, 5.41) is 3.10. The van der Waals surface area contributed by atoms with E-state index in [4.69, 9.17) is 4.42 Å². The molecule has 0 saturated carbocycles. The van der Waals surface area contributed by atoms with Gasteiger partial charge in [0.1, 0.15) is 5.82 Å². The predicted octanol–water partition coefficient (Wildman–Crippen LogP) is 2.03. The zero-order valence-corrected chi connectivity index (χ0v) is 10.2. The monoisotopic (exact) mass is 231 g/mol. The molecule has 0 aromatic carbocycles. The van der Waals surface area contributed by atoms with Crippen LogP contribution in [-0.4, -0.2) is 19.1 Å². The number of rotatable bonds is 5. The highest BCUT2D eigenvalue weighted by Crippen LogP contribution is 2.13. The van der Waals surface area contributed by atoms with Crippen LogP contribution < -0.4 is 10.2 Å². The first-order valence-electron chi connectivity index (χ1n) is 5.61. The van der Waals surface area contributed by atoms with Gasteiger partial charge in [0.2, 0.25) is 0 Å². The highest BCUT2D eigenvalue weighted by atomic mass is 16.3. The van der Waals surface area contributed by atoms with E-state index in [1.807, 2.05) is 32.4 Å². The molecule has 2 aromatic rings. The van der Waals surface area contributed by atoms with Crippen LogP contribution in [0.25, 0.3) is 0 Å². The third-order valence-corrected chi connectivity index (χ3v) is 2.58. The Morgan fingerprint density at radius 1 is 1.29 bits per heavy atom. The smallest absolute Gasteiger partial charge is 0.128 e. The fraction of sp³-hybridized carbons (Fsp3) is 0.308. The maximum atomic E-state index is 5.05. The van der Waals surface area contributed by atoms with E-state index in [0.717, 1.165) is 24.5 Å². The minimum atomic E-state index is 0.800. The van der Waals surface area contributed by atoms with Gasteiger partial charge in [-0.25, -0.2) is 4.98 Å². The molecule has 0 aliphatic rings. The molecule has 0 spiro atoms. The molecule has 2 heterocycles. The molecule has 90 valence electrons. The van der Waals surface area contributed by atoms with Crippen molar-refractivity contribution in [2.45, 2.75) is 13.1 Å². The fourth-order valence-electron chi connectivity index (χ4n) is 1.69. The molecule has 4 heteroatoms. The molecule has 17 heavy (non-hydrogen) atoms. The minimum Gasteiger partial charge on any atom is -0.472 e. The topological polar surface area (TPSA) is 41.3 Å². The number of pyridine rings is 1. The predicted molar refractivity (Wildman–Crippen MR) is 67.8 cm³/mol. The van der Waals surface area contributed by atoms with Crippen LogP contribution in [0.4, 0.5) is 5.82 Å². The van der Waals surface area contributed by atoms with Gasteiger partial charge in [0.25, 0.3) is 0 Å². The molecule has 0 atom stereocenters. The van der Waals surface area contributed by atoms with Crippen molar-refractivity contribution in [1.82, 2.24) is 10.3 Å². The minimum absolute atomic E-state index is 0.800. The summed E-state index contributed by atoms with van der Waals surface area (Å²) in [4.78, 5) is 6.52. The van der Waals surface area contributed by atoms with Crippen molar-refractivity contribution in [3.8, 4) is 0 Å². The van der Waals surface area contributed by atoms with E-state index in [-0.39, 0.29) is 0 Å². The molecule has 0 amide bonds. The summed E-state index contributed by atoms with van der Waals surface area (Å²) in [6.45, 7) is 1.65. The van der Waals surface area contributed by atoms with Gasteiger partial charge in [-0.05, 0) is 24.7 Å². The lowest BCUT2D eigenvalue weighted by atomic mass is 10.2. The Hall–Kier alpha value is -1.81. The number of nitrogens with zero attached hydrogens (tertiary/aromatic N) is 2. The molecule has 0 unspecified atom stereocenters. The molecule has 0 aliphatic carbocycles. The largest absolute Gasteiger partial charge is 0.472 e. The average Bonchev–Trinajstić information content (AvgIpc) is 2.83. The zero-order valence-electron chi connectivity index (χ0n) is 10.2. The second-order valence-electron chi connectivity index (χ2n) is 4.04. The van der Waals surface area contributed by atoms with E-state index in [1.165, 1.54) is 5.56 Å². The second kappa shape index (κ2) is 5.50. The first kappa shape index (κ1) is 11.7. The number of furan rings is 1. The van der Waals surface area contributed by atoms with Crippen molar-refractivity contribution in [2.24, 2.45) is 0 Å². The first-order valence-corrected chi connectivity index (χ1v) is 5.61. The maximum Gasteiger partial charge on any atom is 0.128 e. The molecular formula is C13H17N3O. The molecule has 1 N–H and O–H groups in total. The van der Waals surface area contributed by atoms with Crippen LogP contribution in [-0.2, 0) is 13.1 Å². The third kappa shape index (κ3) is 3.07. The number of nitrogens with one attached hydrogen (secondary N) is 1. The Labute approximate surface area is 101 Å². The summed E-state index contributed by atoms with van der Waals surface area (Å²) in [6, 6.07) is 6.09. The van der Waals surface area contributed by atoms with Crippen LogP contribution in [0.3, 0.4) is 0 Å². The van der Waals surface area contributed by atoms with E-state index >= 15 is 0 Å². The summed E-state index contributed by atoms with van der Waals surface area (Å²) in [7, 11) is 3.95. The molecule has 0 saturated heterocycles. The Kier molecular flexibility index (Phi) is 3.77. The fourth-order valence-corrected chi connectivity index (χ4v) is 1.69. The Morgan fingerprint density at radius 3 is 2.76 bits per heavy atom. The molecular weight excluding hydrogens is 214 g/mol. The van der Waals surface area contributed by atoms with Crippen molar-refractivity contribution in [3.05, 3.63) is 48.0 Å². The summed E-state index contributed by atoms with van der Waals surface area (Å²) < 4.78 is 5.05. The lowest BCUT2D eigenvalue weighted by Crippen LogP contribution is -2.17. The summed E-state index contributed by atoms with van der Waals surface area (Å²) in [6.07, 6.45) is 5.34. The van der Waals surface area contributed by atoms with E-state index in [2.05, 4.69) is 21.3 Å². The van der Waals surface area contributed by atoms with Crippen molar-refractivity contribution in [1.29, 1.82) is 0 Å². The number of aromatic nitrogens is 1. The summed E-state index contributed by atoms with van der Waals surface area (Å²) in [5.41, 5.74) is 2.33. The average molecular weight is 231 g/mol. The Morgan fingerprint density at radius 2 is 2.18 bits per heavy atom. The first-order chi connectivity index (χ1) is 8.29. The molecule has 0 aliphatic heterocycles. The highest BCUT2D eigenvalue weighted by molar-refractivity contribution is 5.39. The number of anilines is 1. The van der Waals surface area contributed by atoms with Gasteiger partial charge in [0.05, 0.1) is 12.5 Å². The standard InChI is InChI=1S/C13H17N3O/c1-14-7-11-3-4-13(15-8-11)16(2)9-12-5-6-17-10-12/h3-6,8,10,14H,7,9H2,1-2H3. The summed E-state index contributed by atoms with van der Waals surface area (Å²) in [5.74, 6) is 0.964. The van der Waals surface area contributed by atoms with E-state index in [0.29, 0.717) is 0 Å². The van der Waals surface area contributed by atoms with Crippen LogP contribution in [0.2, 0.25) is 0 Å². The molecule has 0 bridgehead atoms. The van der Waals surface area contributed by atoms with Gasteiger partial charge in [-0.2, -0.15) is 0 Å². The van der Waals surface area contributed by atoms with Crippen molar-refractivity contribution >= 4 is 5.82 Å². The Bertz CT molecular complexity index is 436. The maximum absolute atomic E-state index is 5.05. The van der Waals surface area contributed by atoms with E-state index < -0.39 is 0 Å². The van der Waals surface area contributed by atoms with Gasteiger partial charge in [-0.1, -0.05) is 6.07 Å². The molecule has 2 rings (SSSR count). The van der Waals surface area contributed by atoms with E-state index in [1.54, 1.807) is 12.5 Å². The summed E-state index contributed by atoms with van der Waals surface area (Å²) >= 11 is 0. The number of hydrogen-bond donors (Lipinski definition) is 1.